The summed E-state index contributed by atoms with van der Waals surface area (Å²) in [7, 11) is 2.12. The van der Waals surface area contributed by atoms with Gasteiger partial charge >= 0.3 is 0 Å². The molecule has 0 saturated carbocycles. The third-order valence-electron chi connectivity index (χ3n) is 3.67. The van der Waals surface area contributed by atoms with Crippen LogP contribution in [0.15, 0.2) is 24.3 Å². The van der Waals surface area contributed by atoms with Gasteiger partial charge in [0.15, 0.2) is 0 Å². The molecule has 98 valence electrons. The number of fused-ring (bicyclic) bond motifs is 1. The molecule has 1 aromatic heterocycles. The third-order valence-corrected chi connectivity index (χ3v) is 3.67. The van der Waals surface area contributed by atoms with Gasteiger partial charge in [-0.15, -0.1) is 0 Å². The van der Waals surface area contributed by atoms with Crippen molar-refractivity contribution >= 4 is 10.9 Å². The summed E-state index contributed by atoms with van der Waals surface area (Å²) in [5.74, 6) is 0. The molecule has 0 aliphatic heterocycles. The van der Waals surface area contributed by atoms with Crippen molar-refractivity contribution in [3.05, 3.63) is 35.5 Å². The molecule has 18 heavy (non-hydrogen) atoms. The standard InChI is InChI=1S/C15H22N2O/c1-11(10-18)16-9-8-13-12(2)17(3)15-7-5-4-6-14(13)15/h4-7,11,16,18H,8-10H2,1-3H3. The van der Waals surface area contributed by atoms with Crippen LogP contribution in [0.5, 0.6) is 0 Å². The second kappa shape index (κ2) is 5.55. The zero-order valence-corrected chi connectivity index (χ0v) is 11.4. The summed E-state index contributed by atoms with van der Waals surface area (Å²) in [6.07, 6.45) is 0.998. The summed E-state index contributed by atoms with van der Waals surface area (Å²) in [6, 6.07) is 8.69. The van der Waals surface area contributed by atoms with E-state index < -0.39 is 0 Å². The van der Waals surface area contributed by atoms with Gasteiger partial charge in [-0.25, -0.2) is 0 Å². The number of hydrogen-bond acceptors (Lipinski definition) is 2. The molecule has 0 spiro atoms. The highest BCUT2D eigenvalue weighted by Crippen LogP contribution is 2.24. The molecule has 0 aliphatic rings. The second-order valence-electron chi connectivity index (χ2n) is 4.93. The number of nitrogens with zero attached hydrogens (tertiary/aromatic N) is 1. The summed E-state index contributed by atoms with van der Waals surface area (Å²) >= 11 is 0. The van der Waals surface area contributed by atoms with Crippen LogP contribution in [0.1, 0.15) is 18.2 Å². The lowest BCUT2D eigenvalue weighted by Gasteiger charge is -2.10. The van der Waals surface area contributed by atoms with E-state index in [0.717, 1.165) is 13.0 Å². The maximum atomic E-state index is 9.00. The normalized spacial score (nSPS) is 13.1. The first-order chi connectivity index (χ1) is 8.65. The predicted octanol–water partition coefficient (Wildman–Crippen LogP) is 2.00. The third kappa shape index (κ3) is 2.42. The minimum absolute atomic E-state index is 0.167. The molecule has 3 nitrogen and oxygen atoms in total. The molecule has 0 radical (unpaired) electrons. The number of aryl methyl sites for hydroxylation is 1. The first-order valence-corrected chi connectivity index (χ1v) is 6.52. The van der Waals surface area contributed by atoms with Crippen molar-refractivity contribution in [1.82, 2.24) is 9.88 Å². The summed E-state index contributed by atoms with van der Waals surface area (Å²) in [6.45, 7) is 5.26. The molecule has 0 fully saturated rings. The van der Waals surface area contributed by atoms with Crippen LogP contribution in [-0.2, 0) is 13.5 Å². The van der Waals surface area contributed by atoms with Gasteiger partial charge in [-0.05, 0) is 38.4 Å². The van der Waals surface area contributed by atoms with Gasteiger partial charge < -0.3 is 15.0 Å². The molecule has 1 heterocycles. The maximum Gasteiger partial charge on any atom is 0.0581 e. The fourth-order valence-electron chi connectivity index (χ4n) is 2.42. The molecule has 1 atom stereocenters. The van der Waals surface area contributed by atoms with Crippen molar-refractivity contribution in [3.63, 3.8) is 0 Å². The van der Waals surface area contributed by atoms with Gasteiger partial charge in [-0.2, -0.15) is 0 Å². The summed E-state index contributed by atoms with van der Waals surface area (Å²) < 4.78 is 2.25. The average molecular weight is 246 g/mol. The molecular formula is C15H22N2O. The number of aliphatic hydroxyl groups is 1. The van der Waals surface area contributed by atoms with Gasteiger partial charge in [0.05, 0.1) is 6.61 Å². The van der Waals surface area contributed by atoms with Crippen LogP contribution in [0.2, 0.25) is 0 Å². The van der Waals surface area contributed by atoms with E-state index in [9.17, 15) is 0 Å². The number of hydrogen-bond donors (Lipinski definition) is 2. The lowest BCUT2D eigenvalue weighted by molar-refractivity contribution is 0.252. The monoisotopic (exact) mass is 246 g/mol. The Balaban J connectivity index is 2.20. The van der Waals surface area contributed by atoms with Crippen LogP contribution in [0.25, 0.3) is 10.9 Å². The molecule has 1 unspecified atom stereocenters. The Kier molecular flexibility index (Phi) is 4.04. The zero-order valence-electron chi connectivity index (χ0n) is 11.4. The van der Waals surface area contributed by atoms with Crippen molar-refractivity contribution < 1.29 is 5.11 Å². The highest BCUT2D eigenvalue weighted by Gasteiger charge is 2.10. The average Bonchev–Trinajstić information content (AvgIpc) is 2.64. The Hall–Kier alpha value is -1.32. The van der Waals surface area contributed by atoms with Crippen molar-refractivity contribution in [2.45, 2.75) is 26.3 Å². The van der Waals surface area contributed by atoms with Gasteiger partial charge in [0.2, 0.25) is 0 Å². The van der Waals surface area contributed by atoms with Gasteiger partial charge in [-0.1, -0.05) is 18.2 Å². The molecular weight excluding hydrogens is 224 g/mol. The Bertz CT molecular complexity index is 531. The minimum atomic E-state index is 0.167. The molecule has 2 N–H and O–H groups in total. The fraction of sp³-hybridized carbons (Fsp3) is 0.467. The molecule has 1 aromatic carbocycles. The van der Waals surface area contributed by atoms with E-state index in [4.69, 9.17) is 5.11 Å². The van der Waals surface area contributed by atoms with Crippen molar-refractivity contribution in [2.24, 2.45) is 7.05 Å². The molecule has 2 rings (SSSR count). The molecule has 0 saturated heterocycles. The maximum absolute atomic E-state index is 9.00. The van der Waals surface area contributed by atoms with Gasteiger partial charge in [-0.3, -0.25) is 0 Å². The van der Waals surface area contributed by atoms with Crippen LogP contribution in [-0.4, -0.2) is 28.9 Å². The van der Waals surface area contributed by atoms with Crippen LogP contribution >= 0.6 is 0 Å². The highest BCUT2D eigenvalue weighted by molar-refractivity contribution is 5.85. The van der Waals surface area contributed by atoms with Crippen molar-refractivity contribution in [1.29, 1.82) is 0 Å². The molecule has 3 heteroatoms. The minimum Gasteiger partial charge on any atom is -0.395 e. The lowest BCUT2D eigenvalue weighted by atomic mass is 10.1. The van der Waals surface area contributed by atoms with Crippen LogP contribution in [0.3, 0.4) is 0 Å². The molecule has 0 aliphatic carbocycles. The SMILES string of the molecule is Cc1c(CCNC(C)CO)c2ccccc2n1C. The Labute approximate surface area is 108 Å². The van der Waals surface area contributed by atoms with E-state index in [1.54, 1.807) is 0 Å². The summed E-state index contributed by atoms with van der Waals surface area (Å²) in [5.41, 5.74) is 4.03. The first-order valence-electron chi connectivity index (χ1n) is 6.52. The Morgan fingerprint density at radius 2 is 2.06 bits per heavy atom. The molecule has 2 aromatic rings. The largest absolute Gasteiger partial charge is 0.395 e. The van der Waals surface area contributed by atoms with E-state index in [1.807, 2.05) is 6.92 Å². The smallest absolute Gasteiger partial charge is 0.0581 e. The number of benzene rings is 1. The first kappa shape index (κ1) is 13.1. The van der Waals surface area contributed by atoms with E-state index in [-0.39, 0.29) is 12.6 Å². The van der Waals surface area contributed by atoms with E-state index >= 15 is 0 Å². The van der Waals surface area contributed by atoms with Gasteiger partial charge in [0.1, 0.15) is 0 Å². The number of rotatable bonds is 5. The number of para-hydroxylation sites is 1. The number of aliphatic hydroxyl groups excluding tert-OH is 1. The quantitative estimate of drug-likeness (QED) is 0.846. The van der Waals surface area contributed by atoms with Crippen LogP contribution in [0.4, 0.5) is 0 Å². The van der Waals surface area contributed by atoms with Crippen LogP contribution < -0.4 is 5.32 Å². The molecule has 0 bridgehead atoms. The van der Waals surface area contributed by atoms with Crippen molar-refractivity contribution in [3.8, 4) is 0 Å². The van der Waals surface area contributed by atoms with Gasteiger partial charge in [0.25, 0.3) is 0 Å². The van der Waals surface area contributed by atoms with E-state index in [1.165, 1.54) is 22.2 Å². The summed E-state index contributed by atoms with van der Waals surface area (Å²) in [4.78, 5) is 0. The molecule has 0 amide bonds. The van der Waals surface area contributed by atoms with Crippen molar-refractivity contribution in [2.75, 3.05) is 13.2 Å². The second-order valence-corrected chi connectivity index (χ2v) is 4.93. The van der Waals surface area contributed by atoms with E-state index in [2.05, 4.69) is 48.1 Å². The Morgan fingerprint density at radius 3 is 2.78 bits per heavy atom. The lowest BCUT2D eigenvalue weighted by Crippen LogP contribution is -2.31. The van der Waals surface area contributed by atoms with Gasteiger partial charge in [0, 0.05) is 29.7 Å². The number of aromatic nitrogens is 1. The highest BCUT2D eigenvalue weighted by atomic mass is 16.3. The predicted molar refractivity (Wildman–Crippen MR) is 75.9 cm³/mol. The number of nitrogens with one attached hydrogen (secondary N) is 1. The zero-order chi connectivity index (χ0) is 13.1. The summed E-state index contributed by atoms with van der Waals surface area (Å²) in [5, 5.41) is 13.7. The fourth-order valence-corrected chi connectivity index (χ4v) is 2.42. The topological polar surface area (TPSA) is 37.2 Å². The van der Waals surface area contributed by atoms with E-state index in [0.29, 0.717) is 0 Å². The Morgan fingerprint density at radius 1 is 1.33 bits per heavy atom. The van der Waals surface area contributed by atoms with Crippen LogP contribution in [0, 0.1) is 6.92 Å².